The van der Waals surface area contributed by atoms with E-state index in [2.05, 4.69) is 15.0 Å². The molecule has 4 N–H and O–H groups in total. The molecule has 0 saturated heterocycles. The fourth-order valence-electron chi connectivity index (χ4n) is 3.37. The molecule has 0 aliphatic carbocycles. The summed E-state index contributed by atoms with van der Waals surface area (Å²) in [6.07, 6.45) is 1.44. The number of amides is 1. The van der Waals surface area contributed by atoms with Crippen molar-refractivity contribution < 1.29 is 13.9 Å². The third kappa shape index (κ3) is 3.59. The molecule has 4 rings (SSSR count). The van der Waals surface area contributed by atoms with Crippen LogP contribution in [0.4, 0.5) is 26.5 Å². The second-order valence-electron chi connectivity index (χ2n) is 6.80. The summed E-state index contributed by atoms with van der Waals surface area (Å²) in [4.78, 5) is 26.3. The molecule has 1 amide bonds. The van der Waals surface area contributed by atoms with Crippen molar-refractivity contribution >= 4 is 28.9 Å². The fraction of sp³-hybridized carbons (Fsp3) is 0.143. The molecule has 0 aliphatic heterocycles. The Hall–Kier alpha value is -4.21. The zero-order valence-electron chi connectivity index (χ0n) is 16.9. The molecule has 9 nitrogen and oxygen atoms in total. The number of pyridine rings is 1. The van der Waals surface area contributed by atoms with E-state index in [0.29, 0.717) is 22.6 Å². The van der Waals surface area contributed by atoms with Gasteiger partial charge in [-0.2, -0.15) is 0 Å². The molecule has 3 aromatic heterocycles. The Morgan fingerprint density at radius 3 is 2.45 bits per heavy atom. The summed E-state index contributed by atoms with van der Waals surface area (Å²) in [5, 5.41) is 0. The number of imidazole rings is 1. The number of hydrogen-bond donors (Lipinski definition) is 2. The number of rotatable bonds is 4. The second-order valence-corrected chi connectivity index (χ2v) is 6.80. The van der Waals surface area contributed by atoms with E-state index in [1.807, 2.05) is 28.8 Å². The summed E-state index contributed by atoms with van der Waals surface area (Å²) in [5.41, 5.74) is 14.0. The highest BCUT2D eigenvalue weighted by molar-refractivity contribution is 5.94. The number of ether oxygens (including phenoxy) is 1. The Balaban J connectivity index is 1.82. The van der Waals surface area contributed by atoms with E-state index in [-0.39, 0.29) is 35.4 Å². The number of benzene rings is 1. The number of hydrogen-bond acceptors (Lipinski definition) is 7. The zero-order valence-corrected chi connectivity index (χ0v) is 16.9. The standard InChI is InChI=1S/C21H20FN7O2/c1-28(21(30)31-2)17-18(23)26-20(27-19(17)24)16-14-9-5-6-10-29(14)15(25-16)11-12-7-3-4-8-13(12)22/h3-10H,11H2,1-2H3,(H4,23,24,26,27). The molecule has 0 atom stereocenters. The lowest BCUT2D eigenvalue weighted by molar-refractivity contribution is 0.180. The summed E-state index contributed by atoms with van der Waals surface area (Å²) in [7, 11) is 2.70. The molecule has 158 valence electrons. The predicted octanol–water partition coefficient (Wildman–Crippen LogP) is 2.89. The number of nitrogens with zero attached hydrogens (tertiary/aromatic N) is 5. The van der Waals surface area contributed by atoms with Crippen LogP contribution in [0.25, 0.3) is 17.0 Å². The monoisotopic (exact) mass is 421 g/mol. The fourth-order valence-corrected chi connectivity index (χ4v) is 3.37. The molecule has 0 spiro atoms. The smallest absolute Gasteiger partial charge is 0.413 e. The summed E-state index contributed by atoms with van der Waals surface area (Å²) >= 11 is 0. The van der Waals surface area contributed by atoms with Crippen LogP contribution >= 0.6 is 0 Å². The van der Waals surface area contributed by atoms with E-state index >= 15 is 0 Å². The quantitative estimate of drug-likeness (QED) is 0.519. The minimum atomic E-state index is -0.658. The highest BCUT2D eigenvalue weighted by Crippen LogP contribution is 2.31. The van der Waals surface area contributed by atoms with Crippen molar-refractivity contribution in [3.63, 3.8) is 0 Å². The molecule has 0 fully saturated rings. The van der Waals surface area contributed by atoms with Crippen LogP contribution in [0.5, 0.6) is 0 Å². The third-order valence-corrected chi connectivity index (χ3v) is 4.86. The average Bonchev–Trinajstić information content (AvgIpc) is 3.12. The molecule has 0 unspecified atom stereocenters. The van der Waals surface area contributed by atoms with Crippen molar-refractivity contribution in [1.82, 2.24) is 19.4 Å². The van der Waals surface area contributed by atoms with Crippen molar-refractivity contribution in [3.8, 4) is 11.5 Å². The molecular weight excluding hydrogens is 401 g/mol. The van der Waals surface area contributed by atoms with E-state index in [1.165, 1.54) is 20.2 Å². The minimum Gasteiger partial charge on any atom is -0.452 e. The van der Waals surface area contributed by atoms with Gasteiger partial charge in [-0.1, -0.05) is 24.3 Å². The molecule has 10 heteroatoms. The first kappa shape index (κ1) is 20.1. The Kier molecular flexibility index (Phi) is 5.12. The molecule has 1 aromatic carbocycles. The van der Waals surface area contributed by atoms with Gasteiger partial charge in [0, 0.05) is 19.7 Å². The Labute approximate surface area is 177 Å². The van der Waals surface area contributed by atoms with Gasteiger partial charge in [0.1, 0.15) is 23.0 Å². The lowest BCUT2D eigenvalue weighted by Crippen LogP contribution is -2.28. The number of carbonyl (C=O) groups excluding carboxylic acids is 1. The van der Waals surface area contributed by atoms with Crippen molar-refractivity contribution in [3.05, 3.63) is 65.9 Å². The number of nitrogens with two attached hydrogens (primary N) is 2. The number of methoxy groups -OCH3 is 1. The van der Waals surface area contributed by atoms with Gasteiger partial charge in [0.2, 0.25) is 0 Å². The Morgan fingerprint density at radius 1 is 1.10 bits per heavy atom. The van der Waals surface area contributed by atoms with E-state index in [0.717, 1.165) is 4.90 Å². The van der Waals surface area contributed by atoms with Gasteiger partial charge in [-0.15, -0.1) is 0 Å². The first-order valence-electron chi connectivity index (χ1n) is 9.35. The zero-order chi connectivity index (χ0) is 22.1. The third-order valence-electron chi connectivity index (χ3n) is 4.86. The Bertz CT molecular complexity index is 1260. The number of carbonyl (C=O) groups is 1. The van der Waals surface area contributed by atoms with Crippen LogP contribution in [0.1, 0.15) is 11.4 Å². The lowest BCUT2D eigenvalue weighted by atomic mass is 10.1. The first-order valence-corrected chi connectivity index (χ1v) is 9.35. The van der Waals surface area contributed by atoms with Crippen LogP contribution in [0.2, 0.25) is 0 Å². The van der Waals surface area contributed by atoms with Crippen molar-refractivity contribution in [2.75, 3.05) is 30.5 Å². The van der Waals surface area contributed by atoms with Crippen LogP contribution in [0.15, 0.2) is 48.7 Å². The lowest BCUT2D eigenvalue weighted by Gasteiger charge is -2.18. The number of fused-ring (bicyclic) bond motifs is 1. The number of nitrogen functional groups attached to an aromatic ring is 2. The summed E-state index contributed by atoms with van der Waals surface area (Å²) in [5.74, 6) is 0.496. The SMILES string of the molecule is COC(=O)N(C)c1c(N)nc(-c2nc(Cc3ccccc3F)n3ccccc23)nc1N. The molecule has 4 aromatic rings. The highest BCUT2D eigenvalue weighted by atomic mass is 19.1. The van der Waals surface area contributed by atoms with Gasteiger partial charge in [0.25, 0.3) is 0 Å². The summed E-state index contributed by atoms with van der Waals surface area (Å²) < 4.78 is 20.7. The van der Waals surface area contributed by atoms with Gasteiger partial charge in [-0.3, -0.25) is 4.90 Å². The van der Waals surface area contributed by atoms with Crippen LogP contribution in [0.3, 0.4) is 0 Å². The maximum Gasteiger partial charge on any atom is 0.413 e. The minimum absolute atomic E-state index is 0.00290. The second kappa shape index (κ2) is 7.90. The Morgan fingerprint density at radius 2 is 1.77 bits per heavy atom. The number of anilines is 3. The largest absolute Gasteiger partial charge is 0.452 e. The topological polar surface area (TPSA) is 125 Å². The highest BCUT2D eigenvalue weighted by Gasteiger charge is 2.23. The molecule has 3 heterocycles. The van der Waals surface area contributed by atoms with Gasteiger partial charge in [-0.25, -0.2) is 24.1 Å². The molecule has 0 aliphatic rings. The number of aromatic nitrogens is 4. The summed E-state index contributed by atoms with van der Waals surface area (Å²) in [6.45, 7) is 0. The number of halogens is 1. The predicted molar refractivity (Wildman–Crippen MR) is 115 cm³/mol. The van der Waals surface area contributed by atoms with Crippen LogP contribution < -0.4 is 16.4 Å². The van der Waals surface area contributed by atoms with Crippen LogP contribution in [-0.2, 0) is 11.2 Å². The van der Waals surface area contributed by atoms with E-state index in [4.69, 9.17) is 16.2 Å². The maximum absolute atomic E-state index is 14.2. The van der Waals surface area contributed by atoms with Crippen LogP contribution in [0, 0.1) is 5.82 Å². The molecular formula is C21H20FN7O2. The summed E-state index contributed by atoms with van der Waals surface area (Å²) in [6, 6.07) is 12.1. The molecule has 31 heavy (non-hydrogen) atoms. The normalized spacial score (nSPS) is 10.9. The van der Waals surface area contributed by atoms with E-state index in [9.17, 15) is 9.18 Å². The maximum atomic E-state index is 14.2. The van der Waals surface area contributed by atoms with Gasteiger partial charge in [0.15, 0.2) is 17.5 Å². The average molecular weight is 421 g/mol. The van der Waals surface area contributed by atoms with Crippen LogP contribution in [-0.4, -0.2) is 39.6 Å². The van der Waals surface area contributed by atoms with Gasteiger partial charge in [-0.05, 0) is 23.8 Å². The van der Waals surface area contributed by atoms with Crippen molar-refractivity contribution in [2.24, 2.45) is 0 Å². The van der Waals surface area contributed by atoms with Gasteiger partial charge in [0.05, 0.1) is 12.6 Å². The van der Waals surface area contributed by atoms with Gasteiger partial charge < -0.3 is 20.6 Å². The van der Waals surface area contributed by atoms with Crippen molar-refractivity contribution in [1.29, 1.82) is 0 Å². The molecule has 0 radical (unpaired) electrons. The van der Waals surface area contributed by atoms with Gasteiger partial charge >= 0.3 is 6.09 Å². The molecule has 0 saturated carbocycles. The van der Waals surface area contributed by atoms with E-state index < -0.39 is 6.09 Å². The molecule has 0 bridgehead atoms. The van der Waals surface area contributed by atoms with E-state index in [1.54, 1.807) is 18.2 Å². The van der Waals surface area contributed by atoms with Crippen molar-refractivity contribution in [2.45, 2.75) is 6.42 Å². The first-order chi connectivity index (χ1) is 14.9.